The molecule has 2 heterocycles. The van der Waals surface area contributed by atoms with E-state index in [1.807, 2.05) is 60.8 Å². The molecule has 28 heavy (non-hydrogen) atoms. The summed E-state index contributed by atoms with van der Waals surface area (Å²) in [6.45, 7) is 3.60. The van der Waals surface area contributed by atoms with E-state index in [1.165, 1.54) is 0 Å². The molecule has 0 radical (unpaired) electrons. The second-order valence-electron chi connectivity index (χ2n) is 6.93. The van der Waals surface area contributed by atoms with Crippen molar-refractivity contribution in [1.29, 1.82) is 0 Å². The third kappa shape index (κ3) is 3.24. The molecule has 4 rings (SSSR count). The van der Waals surface area contributed by atoms with Gasteiger partial charge in [-0.1, -0.05) is 48.5 Å². The number of ether oxygens (including phenoxy) is 1. The van der Waals surface area contributed by atoms with Crippen LogP contribution in [-0.2, 0) is 9.53 Å². The van der Waals surface area contributed by atoms with Crippen LogP contribution in [0.25, 0.3) is 16.6 Å². The van der Waals surface area contributed by atoms with Crippen molar-refractivity contribution in [1.82, 2.24) is 15.6 Å². The molecule has 0 saturated carbocycles. The lowest BCUT2D eigenvalue weighted by Gasteiger charge is -2.29. The number of carbonyl (C=O) groups excluding carboxylic acids is 2. The molecular formula is C22H21N3O3. The monoisotopic (exact) mass is 375 g/mol. The van der Waals surface area contributed by atoms with Crippen LogP contribution in [0.4, 0.5) is 4.79 Å². The summed E-state index contributed by atoms with van der Waals surface area (Å²) in [5, 5.41) is 6.62. The van der Waals surface area contributed by atoms with Gasteiger partial charge in [-0.25, -0.2) is 9.59 Å². The molecule has 6 heteroatoms. The quantitative estimate of drug-likeness (QED) is 0.605. The zero-order valence-electron chi connectivity index (χ0n) is 15.7. The number of fused-ring (bicyclic) bond motifs is 1. The number of esters is 1. The highest BCUT2D eigenvalue weighted by atomic mass is 16.5. The second kappa shape index (κ2) is 7.23. The largest absolute Gasteiger partial charge is 0.459 e. The Labute approximate surface area is 162 Å². The molecule has 2 aromatic carbocycles. The average molecular weight is 375 g/mol. The van der Waals surface area contributed by atoms with E-state index in [9.17, 15) is 9.59 Å². The normalized spacial score (nSPS) is 16.8. The fraction of sp³-hybridized carbons (Fsp3) is 0.182. The Morgan fingerprint density at radius 2 is 1.75 bits per heavy atom. The van der Waals surface area contributed by atoms with Crippen molar-refractivity contribution >= 4 is 28.6 Å². The van der Waals surface area contributed by atoms with Gasteiger partial charge in [0.2, 0.25) is 0 Å². The van der Waals surface area contributed by atoms with Crippen molar-refractivity contribution in [2.45, 2.75) is 26.0 Å². The highest BCUT2D eigenvalue weighted by molar-refractivity contribution is 6.05. The van der Waals surface area contributed by atoms with E-state index in [0.717, 1.165) is 22.0 Å². The molecule has 3 N–H and O–H groups in total. The number of aromatic amines is 1. The standard InChI is InChI=1S/C22H21N3O3/c1-13(2)28-21(26)18-19(14-8-4-3-5-9-14)24-22(27)25-20(18)16-12-23-17-11-7-6-10-15(16)17/h3-13,20,23H,1-2H3,(H2,24,25,27). The Morgan fingerprint density at radius 3 is 2.50 bits per heavy atom. The molecule has 3 aromatic rings. The van der Waals surface area contributed by atoms with Crippen LogP contribution in [0.15, 0.2) is 66.4 Å². The molecule has 1 unspecified atom stereocenters. The van der Waals surface area contributed by atoms with E-state index < -0.39 is 12.0 Å². The molecule has 0 spiro atoms. The smallest absolute Gasteiger partial charge is 0.338 e. The Bertz CT molecular complexity index is 1070. The van der Waals surface area contributed by atoms with E-state index in [2.05, 4.69) is 15.6 Å². The first-order chi connectivity index (χ1) is 13.5. The van der Waals surface area contributed by atoms with Crippen molar-refractivity contribution in [3.63, 3.8) is 0 Å². The van der Waals surface area contributed by atoms with Crippen molar-refractivity contribution < 1.29 is 14.3 Å². The van der Waals surface area contributed by atoms with Gasteiger partial charge in [0.25, 0.3) is 0 Å². The number of carbonyl (C=O) groups is 2. The fourth-order valence-corrected chi connectivity index (χ4v) is 3.46. The van der Waals surface area contributed by atoms with Crippen molar-refractivity contribution in [3.8, 4) is 0 Å². The van der Waals surface area contributed by atoms with Gasteiger partial charge in [0.15, 0.2) is 0 Å². The minimum atomic E-state index is -0.633. The predicted octanol–water partition coefficient (Wildman–Crippen LogP) is 3.88. The summed E-state index contributed by atoms with van der Waals surface area (Å²) in [7, 11) is 0. The number of amides is 2. The van der Waals surface area contributed by atoms with Gasteiger partial charge in [-0.15, -0.1) is 0 Å². The molecule has 2 amide bonds. The summed E-state index contributed by atoms with van der Waals surface area (Å²) < 4.78 is 5.52. The topological polar surface area (TPSA) is 83.2 Å². The second-order valence-corrected chi connectivity index (χ2v) is 6.93. The SMILES string of the molecule is CC(C)OC(=O)C1=C(c2ccccc2)NC(=O)NC1c1c[nH]c2ccccc12. The average Bonchev–Trinajstić information content (AvgIpc) is 3.11. The number of hydrogen-bond donors (Lipinski definition) is 3. The predicted molar refractivity (Wildman–Crippen MR) is 107 cm³/mol. The van der Waals surface area contributed by atoms with E-state index >= 15 is 0 Å². The molecule has 0 aliphatic carbocycles. The first-order valence-corrected chi connectivity index (χ1v) is 9.18. The van der Waals surface area contributed by atoms with Gasteiger partial charge < -0.3 is 20.4 Å². The first-order valence-electron chi connectivity index (χ1n) is 9.18. The van der Waals surface area contributed by atoms with Gasteiger partial charge in [-0.3, -0.25) is 0 Å². The number of urea groups is 1. The Balaban J connectivity index is 1.92. The minimum Gasteiger partial charge on any atom is -0.459 e. The molecule has 1 aromatic heterocycles. The van der Waals surface area contributed by atoms with Crippen molar-refractivity contribution in [2.24, 2.45) is 0 Å². The molecule has 1 atom stereocenters. The minimum absolute atomic E-state index is 0.279. The Morgan fingerprint density at radius 1 is 1.04 bits per heavy atom. The van der Waals surface area contributed by atoms with Crippen LogP contribution < -0.4 is 10.6 Å². The number of benzene rings is 2. The lowest BCUT2D eigenvalue weighted by molar-refractivity contribution is -0.143. The van der Waals surface area contributed by atoms with Gasteiger partial charge in [0, 0.05) is 22.7 Å². The maximum absolute atomic E-state index is 13.1. The van der Waals surface area contributed by atoms with Crippen molar-refractivity contribution in [2.75, 3.05) is 0 Å². The van der Waals surface area contributed by atoms with Gasteiger partial charge in [0.1, 0.15) is 0 Å². The highest BCUT2D eigenvalue weighted by Crippen LogP contribution is 2.35. The van der Waals surface area contributed by atoms with Gasteiger partial charge >= 0.3 is 12.0 Å². The molecular weight excluding hydrogens is 354 g/mol. The maximum atomic E-state index is 13.1. The van der Waals surface area contributed by atoms with Crippen LogP contribution in [0.3, 0.4) is 0 Å². The summed E-state index contributed by atoms with van der Waals surface area (Å²) in [5.74, 6) is -0.461. The van der Waals surface area contributed by atoms with Crippen molar-refractivity contribution in [3.05, 3.63) is 77.5 Å². The van der Waals surface area contributed by atoms with Crippen LogP contribution in [-0.4, -0.2) is 23.1 Å². The van der Waals surface area contributed by atoms with Gasteiger partial charge in [-0.05, 0) is 25.5 Å². The number of nitrogens with one attached hydrogen (secondary N) is 3. The Hall–Kier alpha value is -3.54. The summed E-state index contributed by atoms with van der Waals surface area (Å²) in [5.41, 5.74) is 3.34. The number of aromatic nitrogens is 1. The van der Waals surface area contributed by atoms with Crippen LogP contribution in [0.2, 0.25) is 0 Å². The van der Waals surface area contributed by atoms with E-state index in [4.69, 9.17) is 4.74 Å². The summed E-state index contributed by atoms with van der Waals surface area (Å²) >= 11 is 0. The zero-order valence-corrected chi connectivity index (χ0v) is 15.7. The fourth-order valence-electron chi connectivity index (χ4n) is 3.46. The third-order valence-corrected chi connectivity index (χ3v) is 4.63. The van der Waals surface area contributed by atoms with Crippen LogP contribution >= 0.6 is 0 Å². The summed E-state index contributed by atoms with van der Waals surface area (Å²) in [6.07, 6.45) is 1.55. The molecule has 0 bridgehead atoms. The van der Waals surface area contributed by atoms with Crippen LogP contribution in [0, 0.1) is 0 Å². The summed E-state index contributed by atoms with van der Waals surface area (Å²) in [6, 6.07) is 16.1. The molecule has 1 aliphatic rings. The lowest BCUT2D eigenvalue weighted by atomic mass is 9.92. The van der Waals surface area contributed by atoms with Crippen LogP contribution in [0.1, 0.15) is 31.0 Å². The summed E-state index contributed by atoms with van der Waals surface area (Å²) in [4.78, 5) is 28.7. The van der Waals surface area contributed by atoms with E-state index in [1.54, 1.807) is 13.8 Å². The first kappa shape index (κ1) is 17.9. The van der Waals surface area contributed by atoms with Gasteiger partial charge in [0.05, 0.1) is 23.4 Å². The number of rotatable bonds is 4. The Kier molecular flexibility index (Phi) is 4.61. The zero-order chi connectivity index (χ0) is 19.7. The molecule has 0 fully saturated rings. The van der Waals surface area contributed by atoms with E-state index in [-0.39, 0.29) is 12.1 Å². The van der Waals surface area contributed by atoms with Crippen LogP contribution in [0.5, 0.6) is 0 Å². The number of para-hydroxylation sites is 1. The number of hydrogen-bond acceptors (Lipinski definition) is 3. The highest BCUT2D eigenvalue weighted by Gasteiger charge is 2.35. The van der Waals surface area contributed by atoms with E-state index in [0.29, 0.717) is 11.3 Å². The lowest BCUT2D eigenvalue weighted by Crippen LogP contribution is -2.45. The van der Waals surface area contributed by atoms with Gasteiger partial charge in [-0.2, -0.15) is 0 Å². The maximum Gasteiger partial charge on any atom is 0.338 e. The number of H-pyrrole nitrogens is 1. The molecule has 1 aliphatic heterocycles. The molecule has 142 valence electrons. The third-order valence-electron chi connectivity index (χ3n) is 4.63. The molecule has 6 nitrogen and oxygen atoms in total. The molecule has 0 saturated heterocycles.